The Morgan fingerprint density at radius 2 is 0.933 bits per heavy atom. The smallest absolute Gasteiger partial charge is 0.123 e. The zero-order chi connectivity index (χ0) is 9.97. The van der Waals surface area contributed by atoms with Crippen LogP contribution in [0.1, 0.15) is 0 Å². The fraction of sp³-hybridized carbons (Fsp3) is 0. The van der Waals surface area contributed by atoms with Crippen LogP contribution in [0.15, 0.2) is 48.5 Å². The van der Waals surface area contributed by atoms with Crippen molar-refractivity contribution in [2.24, 2.45) is 0 Å². The zero-order valence-corrected chi connectivity index (χ0v) is 10.5. The van der Waals surface area contributed by atoms with E-state index in [4.69, 9.17) is 0 Å². The predicted molar refractivity (Wildman–Crippen MR) is 61.0 cm³/mol. The van der Waals surface area contributed by atoms with E-state index in [1.54, 1.807) is 36.4 Å². The fourth-order valence-corrected chi connectivity index (χ4v) is 1.40. The molecule has 0 saturated heterocycles. The molecule has 1 radical (unpaired) electrons. The minimum absolute atomic E-state index is 0. The van der Waals surface area contributed by atoms with Crippen molar-refractivity contribution in [3.8, 4) is 22.6 Å². The van der Waals surface area contributed by atoms with Crippen LogP contribution in [-0.2, 0) is 0 Å². The average Bonchev–Trinajstić information content (AvgIpc) is 2.20. The molecule has 0 aliphatic rings. The molecule has 0 atom stereocenters. The monoisotopic (exact) mass is 209 g/mol. The van der Waals surface area contributed by atoms with Crippen molar-refractivity contribution < 1.29 is 10.2 Å². The van der Waals surface area contributed by atoms with Crippen LogP contribution in [0.5, 0.6) is 11.5 Å². The molecule has 0 fully saturated rings. The Morgan fingerprint density at radius 1 is 0.600 bits per heavy atom. The first-order valence-corrected chi connectivity index (χ1v) is 4.35. The topological polar surface area (TPSA) is 40.5 Å². The van der Waals surface area contributed by atoms with E-state index in [9.17, 15) is 10.2 Å². The van der Waals surface area contributed by atoms with E-state index in [1.807, 2.05) is 12.1 Å². The van der Waals surface area contributed by atoms with Gasteiger partial charge in [-0.25, -0.2) is 0 Å². The van der Waals surface area contributed by atoms with Gasteiger partial charge < -0.3 is 10.2 Å². The Balaban J connectivity index is 0.00000112. The molecular formula is C12H10NaO2. The molecule has 0 aromatic heterocycles. The summed E-state index contributed by atoms with van der Waals surface area (Å²) < 4.78 is 0. The third-order valence-electron chi connectivity index (χ3n) is 2.10. The van der Waals surface area contributed by atoms with Crippen LogP contribution in [0.25, 0.3) is 11.1 Å². The number of benzene rings is 2. The SMILES string of the molecule is Oc1ccccc1-c1ccccc1O.[Na]. The number of hydrogen-bond donors (Lipinski definition) is 2. The summed E-state index contributed by atoms with van der Waals surface area (Å²) in [5.74, 6) is 0.350. The molecule has 0 unspecified atom stereocenters. The van der Waals surface area contributed by atoms with Gasteiger partial charge in [0.15, 0.2) is 0 Å². The van der Waals surface area contributed by atoms with Crippen LogP contribution in [0, 0.1) is 0 Å². The second kappa shape index (κ2) is 5.21. The van der Waals surface area contributed by atoms with Gasteiger partial charge in [-0.3, -0.25) is 0 Å². The Labute approximate surface area is 110 Å². The molecule has 0 saturated carbocycles. The predicted octanol–water partition coefficient (Wildman–Crippen LogP) is 2.38. The van der Waals surface area contributed by atoms with Crippen LogP contribution in [0.3, 0.4) is 0 Å². The van der Waals surface area contributed by atoms with Gasteiger partial charge in [0, 0.05) is 40.7 Å². The Kier molecular flexibility index (Phi) is 4.21. The van der Waals surface area contributed by atoms with Gasteiger partial charge in [0.25, 0.3) is 0 Å². The minimum Gasteiger partial charge on any atom is -0.507 e. The van der Waals surface area contributed by atoms with Crippen LogP contribution >= 0.6 is 0 Å². The summed E-state index contributed by atoms with van der Waals surface area (Å²) in [5.41, 5.74) is 1.29. The molecule has 2 aromatic rings. The number of hydrogen-bond acceptors (Lipinski definition) is 2. The summed E-state index contributed by atoms with van der Waals surface area (Å²) in [4.78, 5) is 0. The molecule has 0 bridgehead atoms. The normalized spacial score (nSPS) is 9.33. The number of aromatic hydroxyl groups is 2. The fourth-order valence-electron chi connectivity index (χ4n) is 1.40. The van der Waals surface area contributed by atoms with E-state index in [0.29, 0.717) is 11.1 Å². The number of rotatable bonds is 1. The van der Waals surface area contributed by atoms with Gasteiger partial charge >= 0.3 is 0 Å². The van der Waals surface area contributed by atoms with Crippen LogP contribution in [-0.4, -0.2) is 39.8 Å². The molecule has 0 amide bonds. The molecule has 0 heterocycles. The second-order valence-corrected chi connectivity index (χ2v) is 3.03. The molecule has 3 heteroatoms. The quantitative estimate of drug-likeness (QED) is 0.708. The van der Waals surface area contributed by atoms with Crippen molar-refractivity contribution in [3.63, 3.8) is 0 Å². The summed E-state index contributed by atoms with van der Waals surface area (Å²) in [6.45, 7) is 0. The minimum atomic E-state index is 0. The molecule has 2 aromatic carbocycles. The van der Waals surface area contributed by atoms with Gasteiger partial charge in [0.2, 0.25) is 0 Å². The maximum absolute atomic E-state index is 9.58. The number of para-hydroxylation sites is 2. The van der Waals surface area contributed by atoms with Crippen molar-refractivity contribution in [3.05, 3.63) is 48.5 Å². The molecule has 71 valence electrons. The molecule has 2 nitrogen and oxygen atoms in total. The standard InChI is InChI=1S/C12H10O2.Na/c13-11-7-3-1-5-9(11)10-6-2-4-8-12(10)14;/h1-8,13-14H;. The average molecular weight is 209 g/mol. The molecular weight excluding hydrogens is 199 g/mol. The zero-order valence-electron chi connectivity index (χ0n) is 8.51. The van der Waals surface area contributed by atoms with Crippen molar-refractivity contribution in [2.75, 3.05) is 0 Å². The third kappa shape index (κ3) is 2.53. The van der Waals surface area contributed by atoms with Crippen molar-refractivity contribution in [2.45, 2.75) is 0 Å². The Hall–Kier alpha value is -0.960. The first-order valence-electron chi connectivity index (χ1n) is 4.35. The van der Waals surface area contributed by atoms with Gasteiger partial charge in [-0.05, 0) is 12.1 Å². The molecule has 15 heavy (non-hydrogen) atoms. The van der Waals surface area contributed by atoms with E-state index in [2.05, 4.69) is 0 Å². The van der Waals surface area contributed by atoms with Crippen molar-refractivity contribution >= 4 is 29.6 Å². The first kappa shape index (κ1) is 12.1. The van der Waals surface area contributed by atoms with Crippen LogP contribution < -0.4 is 0 Å². The summed E-state index contributed by atoms with van der Waals surface area (Å²) in [6, 6.07) is 13.9. The maximum atomic E-state index is 9.58. The van der Waals surface area contributed by atoms with E-state index in [0.717, 1.165) is 0 Å². The van der Waals surface area contributed by atoms with Gasteiger partial charge in [0.05, 0.1) is 0 Å². The van der Waals surface area contributed by atoms with Gasteiger partial charge in [-0.1, -0.05) is 36.4 Å². The molecule has 2 rings (SSSR count). The number of phenolic OH excluding ortho intramolecular Hbond substituents is 2. The Bertz CT molecular complexity index is 411. The van der Waals surface area contributed by atoms with Crippen molar-refractivity contribution in [1.82, 2.24) is 0 Å². The summed E-state index contributed by atoms with van der Waals surface area (Å²) in [6.07, 6.45) is 0. The van der Waals surface area contributed by atoms with Crippen LogP contribution in [0.4, 0.5) is 0 Å². The van der Waals surface area contributed by atoms with Gasteiger partial charge in [-0.15, -0.1) is 0 Å². The summed E-state index contributed by atoms with van der Waals surface area (Å²) in [7, 11) is 0. The third-order valence-corrected chi connectivity index (χ3v) is 2.10. The Morgan fingerprint density at radius 3 is 1.27 bits per heavy atom. The van der Waals surface area contributed by atoms with E-state index in [1.165, 1.54) is 0 Å². The van der Waals surface area contributed by atoms with Gasteiger partial charge in [0.1, 0.15) is 11.5 Å². The first-order chi connectivity index (χ1) is 6.79. The molecule has 2 N–H and O–H groups in total. The van der Waals surface area contributed by atoms with E-state index >= 15 is 0 Å². The largest absolute Gasteiger partial charge is 0.507 e. The second-order valence-electron chi connectivity index (χ2n) is 3.03. The van der Waals surface area contributed by atoms with Gasteiger partial charge in [-0.2, -0.15) is 0 Å². The van der Waals surface area contributed by atoms with E-state index in [-0.39, 0.29) is 41.1 Å². The molecule has 0 aliphatic carbocycles. The molecule has 0 aliphatic heterocycles. The number of phenols is 2. The molecule has 0 spiro atoms. The van der Waals surface area contributed by atoms with Crippen LogP contribution in [0.2, 0.25) is 0 Å². The summed E-state index contributed by atoms with van der Waals surface area (Å²) >= 11 is 0. The van der Waals surface area contributed by atoms with E-state index < -0.39 is 0 Å². The maximum Gasteiger partial charge on any atom is 0.123 e. The van der Waals surface area contributed by atoms with Crippen molar-refractivity contribution in [1.29, 1.82) is 0 Å². The summed E-state index contributed by atoms with van der Waals surface area (Å²) in [5, 5.41) is 19.2.